The Hall–Kier alpha value is -4.24. The molecule has 2 aliphatic rings. The molecule has 10 nitrogen and oxygen atoms in total. The topological polar surface area (TPSA) is 116 Å². The molecular formula is C34H33Cl2FN8O2. The minimum Gasteiger partial charge on any atom is -0.475 e. The number of piperidine rings is 1. The highest BCUT2D eigenvalue weighted by atomic mass is 35.5. The third kappa shape index (κ3) is 5.29. The van der Waals surface area contributed by atoms with Crippen molar-refractivity contribution in [1.29, 1.82) is 5.26 Å². The van der Waals surface area contributed by atoms with E-state index in [1.807, 2.05) is 11.6 Å². The van der Waals surface area contributed by atoms with Gasteiger partial charge in [-0.2, -0.15) is 15.5 Å². The van der Waals surface area contributed by atoms with Gasteiger partial charge in [0.2, 0.25) is 11.8 Å². The highest BCUT2D eigenvalue weighted by Gasteiger charge is 2.34. The standard InChI is InChI=1S/C34H33Cl2FN8O2/c1-4-28(46)44-11-8-20(12-19(44)7-9-38)45-33-22-13-26(36)30(29-18(2)25(35)14-27-23(29)15-39-42-27)31(37)32(22)41-34(24(33)16-40-45)47-17-21-6-5-10-43(21)3/h4,13-16,19-21H,1,5-8,10-12,17H2,2-3H3,(H,39,42)/t19-,20+,21+/m1/s1. The molecule has 2 aromatic carbocycles. The zero-order valence-corrected chi connectivity index (χ0v) is 27.6. The Balaban J connectivity index is 1.42. The average molecular weight is 676 g/mol. The van der Waals surface area contributed by atoms with Crippen molar-refractivity contribution in [2.75, 3.05) is 26.7 Å². The largest absolute Gasteiger partial charge is 0.475 e. The molecule has 13 heteroatoms. The maximum Gasteiger partial charge on any atom is 0.246 e. The number of hydrogen-bond donors (Lipinski definition) is 1. The summed E-state index contributed by atoms with van der Waals surface area (Å²) < 4.78 is 25.3. The van der Waals surface area contributed by atoms with Gasteiger partial charge in [0, 0.05) is 45.6 Å². The van der Waals surface area contributed by atoms with Crippen LogP contribution in [0.5, 0.6) is 5.88 Å². The van der Waals surface area contributed by atoms with E-state index in [0.717, 1.165) is 19.4 Å². The molecular weight excluding hydrogens is 642 g/mol. The fourth-order valence-corrected chi connectivity index (χ4v) is 7.76. The van der Waals surface area contributed by atoms with E-state index in [4.69, 9.17) is 38.0 Å². The third-order valence-electron chi connectivity index (χ3n) is 9.78. The van der Waals surface area contributed by atoms with Crippen LogP contribution in [0, 0.1) is 24.1 Å². The number of halogens is 3. The number of nitriles is 1. The summed E-state index contributed by atoms with van der Waals surface area (Å²) in [7, 11) is 2.07. The zero-order chi connectivity index (χ0) is 33.0. The summed E-state index contributed by atoms with van der Waals surface area (Å²) in [6.45, 7) is 7.26. The molecule has 5 heterocycles. The molecule has 0 unspecified atom stereocenters. The molecule has 47 heavy (non-hydrogen) atoms. The number of carbonyl (C=O) groups excluding carboxylic acids is 1. The predicted octanol–water partition coefficient (Wildman–Crippen LogP) is 6.99. The lowest BCUT2D eigenvalue weighted by Gasteiger charge is -2.38. The van der Waals surface area contributed by atoms with E-state index in [1.165, 1.54) is 6.08 Å². The first kappa shape index (κ1) is 31.4. The second-order valence-electron chi connectivity index (χ2n) is 12.4. The maximum atomic E-state index is 17.1. The van der Waals surface area contributed by atoms with Gasteiger partial charge in [0.1, 0.15) is 12.1 Å². The molecule has 1 N–H and O–H groups in total. The van der Waals surface area contributed by atoms with Crippen molar-refractivity contribution in [3.05, 3.63) is 58.6 Å². The van der Waals surface area contributed by atoms with Crippen molar-refractivity contribution in [3.63, 3.8) is 0 Å². The van der Waals surface area contributed by atoms with Crippen molar-refractivity contribution in [3.8, 4) is 23.1 Å². The van der Waals surface area contributed by atoms with Crippen LogP contribution in [0.1, 0.15) is 43.7 Å². The van der Waals surface area contributed by atoms with Gasteiger partial charge in [-0.3, -0.25) is 14.6 Å². The fraction of sp³-hybridized carbons (Fsp3) is 0.382. The molecule has 3 aromatic heterocycles. The molecule has 7 rings (SSSR count). The van der Waals surface area contributed by atoms with Crippen molar-refractivity contribution < 1.29 is 13.9 Å². The molecule has 2 fully saturated rings. The predicted molar refractivity (Wildman–Crippen MR) is 180 cm³/mol. The van der Waals surface area contributed by atoms with E-state index in [9.17, 15) is 10.1 Å². The molecule has 5 aromatic rings. The van der Waals surface area contributed by atoms with Crippen LogP contribution in [0.25, 0.3) is 43.8 Å². The average Bonchev–Trinajstić information content (AvgIpc) is 3.82. The number of nitrogens with one attached hydrogen (secondary N) is 1. The third-order valence-corrected chi connectivity index (χ3v) is 10.5. The molecule has 0 spiro atoms. The smallest absolute Gasteiger partial charge is 0.246 e. The van der Waals surface area contributed by atoms with Crippen LogP contribution >= 0.6 is 23.2 Å². The van der Waals surface area contributed by atoms with E-state index in [-0.39, 0.29) is 52.4 Å². The summed E-state index contributed by atoms with van der Waals surface area (Å²) in [4.78, 5) is 21.3. The van der Waals surface area contributed by atoms with Gasteiger partial charge in [-0.25, -0.2) is 9.37 Å². The Kier molecular flexibility index (Phi) is 8.28. The number of benzene rings is 2. The number of H-pyrrole nitrogens is 1. The van der Waals surface area contributed by atoms with Crippen LogP contribution in [0.15, 0.2) is 37.2 Å². The van der Waals surface area contributed by atoms with Crippen molar-refractivity contribution >= 4 is 61.8 Å². The number of hydrogen-bond acceptors (Lipinski definition) is 7. The molecule has 3 atom stereocenters. The van der Waals surface area contributed by atoms with Crippen LogP contribution in [0.3, 0.4) is 0 Å². The zero-order valence-electron chi connectivity index (χ0n) is 26.1. The minimum absolute atomic E-state index is 0.0947. The maximum absolute atomic E-state index is 17.1. The second-order valence-corrected chi connectivity index (χ2v) is 13.2. The summed E-state index contributed by atoms with van der Waals surface area (Å²) in [6.07, 6.45) is 7.94. The van der Waals surface area contributed by atoms with Crippen LogP contribution in [0.4, 0.5) is 4.39 Å². The number of nitrogens with zero attached hydrogens (tertiary/aromatic N) is 7. The molecule has 0 aliphatic carbocycles. The number of rotatable bonds is 7. The van der Waals surface area contributed by atoms with E-state index in [2.05, 4.69) is 34.8 Å². The number of aromatic nitrogens is 5. The Bertz CT molecular complexity index is 2100. The number of fused-ring (bicyclic) bond motifs is 4. The lowest BCUT2D eigenvalue weighted by atomic mass is 9.94. The van der Waals surface area contributed by atoms with Gasteiger partial charge in [-0.1, -0.05) is 29.8 Å². The van der Waals surface area contributed by atoms with Gasteiger partial charge in [-0.15, -0.1) is 0 Å². The number of ether oxygens (including phenoxy) is 1. The summed E-state index contributed by atoms with van der Waals surface area (Å²) >= 11 is 13.6. The number of pyridine rings is 1. The van der Waals surface area contributed by atoms with E-state index < -0.39 is 5.82 Å². The lowest BCUT2D eigenvalue weighted by Crippen LogP contribution is -2.45. The van der Waals surface area contributed by atoms with Gasteiger partial charge >= 0.3 is 0 Å². The van der Waals surface area contributed by atoms with Crippen molar-refractivity contribution in [2.45, 2.75) is 57.2 Å². The summed E-state index contributed by atoms with van der Waals surface area (Å²) in [5.74, 6) is -0.525. The summed E-state index contributed by atoms with van der Waals surface area (Å²) in [5, 5.41) is 23.9. The Morgan fingerprint density at radius 1 is 1.17 bits per heavy atom. The normalized spacial score (nSPS) is 20.3. The van der Waals surface area contributed by atoms with Crippen LogP contribution in [0.2, 0.25) is 10.0 Å². The van der Waals surface area contributed by atoms with Gasteiger partial charge in [-0.05, 0) is 70.0 Å². The van der Waals surface area contributed by atoms with E-state index in [0.29, 0.717) is 69.3 Å². The highest BCUT2D eigenvalue weighted by Crippen LogP contribution is 2.45. The van der Waals surface area contributed by atoms with Gasteiger partial charge in [0.15, 0.2) is 5.82 Å². The van der Waals surface area contributed by atoms with Crippen molar-refractivity contribution in [2.24, 2.45) is 0 Å². The number of likely N-dealkylation sites (N-methyl/N-ethyl adjacent to an activating group) is 1. The number of carbonyl (C=O) groups is 1. The fourth-order valence-electron chi connectivity index (χ4n) is 7.27. The SMILES string of the molecule is C=CC(=O)N1CC[C@H](n2ncc3c(OC[C@@H]4CCCN4C)nc4c(F)c(-c5c(C)c(Cl)cc6[nH]ncc56)c(Cl)cc4c32)C[C@H]1CC#N. The number of likely N-dealkylation sites (tertiary alicyclic amines) is 2. The quantitative estimate of drug-likeness (QED) is 0.185. The van der Waals surface area contributed by atoms with E-state index in [1.54, 1.807) is 29.4 Å². The van der Waals surface area contributed by atoms with Crippen molar-refractivity contribution in [1.82, 2.24) is 34.8 Å². The molecule has 1 amide bonds. The second kappa shape index (κ2) is 12.4. The molecule has 2 saturated heterocycles. The lowest BCUT2D eigenvalue weighted by molar-refractivity contribution is -0.130. The molecule has 0 radical (unpaired) electrons. The summed E-state index contributed by atoms with van der Waals surface area (Å²) in [6, 6.07) is 5.42. The monoisotopic (exact) mass is 674 g/mol. The van der Waals surface area contributed by atoms with Gasteiger partial charge in [0.25, 0.3) is 0 Å². The van der Waals surface area contributed by atoms with Crippen LogP contribution < -0.4 is 4.74 Å². The van der Waals surface area contributed by atoms with Crippen LogP contribution in [-0.4, -0.2) is 79.5 Å². The van der Waals surface area contributed by atoms with E-state index >= 15 is 4.39 Å². The molecule has 0 saturated carbocycles. The minimum atomic E-state index is -0.605. The Labute approximate surface area is 280 Å². The number of amides is 1. The van der Waals surface area contributed by atoms with Crippen LogP contribution in [-0.2, 0) is 4.79 Å². The molecule has 0 bridgehead atoms. The molecule has 242 valence electrons. The Morgan fingerprint density at radius 3 is 2.74 bits per heavy atom. The number of aromatic amines is 1. The first-order chi connectivity index (χ1) is 22.7. The molecule has 2 aliphatic heterocycles. The highest BCUT2D eigenvalue weighted by molar-refractivity contribution is 6.36. The first-order valence-electron chi connectivity index (χ1n) is 15.7. The first-order valence-corrected chi connectivity index (χ1v) is 16.4. The van der Waals surface area contributed by atoms with Gasteiger partial charge < -0.3 is 14.5 Å². The van der Waals surface area contributed by atoms with Gasteiger partial charge in [0.05, 0.1) is 52.4 Å². The Morgan fingerprint density at radius 2 is 2.00 bits per heavy atom. The summed E-state index contributed by atoms with van der Waals surface area (Å²) in [5.41, 5.74) is 2.77.